The normalized spacial score (nSPS) is 30.2. The van der Waals surface area contributed by atoms with Crippen LogP contribution in [0.5, 0.6) is 0 Å². The topological polar surface area (TPSA) is 67.2 Å². The molecule has 0 unspecified atom stereocenters. The largest absolute Gasteiger partial charge is 0.370 e. The third-order valence-electron chi connectivity index (χ3n) is 4.49. The number of amides is 1. The van der Waals surface area contributed by atoms with Gasteiger partial charge in [0.2, 0.25) is 5.91 Å². The minimum Gasteiger partial charge on any atom is -0.370 e. The number of primary amides is 1. The van der Waals surface area contributed by atoms with E-state index in [1.165, 1.54) is 45.3 Å². The van der Waals surface area contributed by atoms with E-state index in [9.17, 15) is 4.79 Å². The molecule has 0 aromatic heterocycles. The summed E-state index contributed by atoms with van der Waals surface area (Å²) in [5.41, 5.74) is 5.25. The average Bonchev–Trinajstić information content (AvgIpc) is 2.38. The first-order valence-corrected chi connectivity index (χ1v) is 7.46. The molecule has 0 spiro atoms. The predicted molar refractivity (Wildman–Crippen MR) is 73.2 cm³/mol. The minimum absolute atomic E-state index is 0.138. The Bertz CT molecular complexity index is 256. The van der Waals surface area contributed by atoms with Gasteiger partial charge in [-0.05, 0) is 70.0 Å². The first-order chi connectivity index (χ1) is 8.74. The summed E-state index contributed by atoms with van der Waals surface area (Å²) in [5, 5.41) is 7.13. The molecule has 2 rings (SSSR count). The van der Waals surface area contributed by atoms with Crippen molar-refractivity contribution < 1.29 is 4.79 Å². The van der Waals surface area contributed by atoms with Crippen molar-refractivity contribution in [2.75, 3.05) is 19.6 Å². The Morgan fingerprint density at radius 1 is 1.06 bits per heavy atom. The van der Waals surface area contributed by atoms with Gasteiger partial charge in [0.25, 0.3) is 0 Å². The van der Waals surface area contributed by atoms with Crippen molar-refractivity contribution in [1.82, 2.24) is 10.6 Å². The standard InChI is InChI=1S/C14H27N3O/c15-14(18)9-11-1-3-13(4-2-11)17-10-12-5-7-16-8-6-12/h11-13,16-17H,1-10H2,(H2,15,18). The maximum absolute atomic E-state index is 10.9. The lowest BCUT2D eigenvalue weighted by molar-refractivity contribution is -0.119. The molecular weight excluding hydrogens is 226 g/mol. The molecule has 4 nitrogen and oxygen atoms in total. The number of rotatable bonds is 5. The number of carbonyl (C=O) groups excluding carboxylic acids is 1. The summed E-state index contributed by atoms with van der Waals surface area (Å²) >= 11 is 0. The molecule has 0 bridgehead atoms. The van der Waals surface area contributed by atoms with Gasteiger partial charge in [-0.3, -0.25) is 4.79 Å². The quantitative estimate of drug-likeness (QED) is 0.685. The van der Waals surface area contributed by atoms with Crippen LogP contribution in [0.25, 0.3) is 0 Å². The fraction of sp³-hybridized carbons (Fsp3) is 0.929. The lowest BCUT2D eigenvalue weighted by atomic mass is 9.83. The second kappa shape index (κ2) is 7.10. The van der Waals surface area contributed by atoms with E-state index in [0.717, 1.165) is 18.8 Å². The van der Waals surface area contributed by atoms with Gasteiger partial charge in [-0.1, -0.05) is 0 Å². The van der Waals surface area contributed by atoms with Gasteiger partial charge in [-0.25, -0.2) is 0 Å². The van der Waals surface area contributed by atoms with Crippen LogP contribution >= 0.6 is 0 Å². The molecule has 0 atom stereocenters. The van der Waals surface area contributed by atoms with E-state index >= 15 is 0 Å². The van der Waals surface area contributed by atoms with Crippen LogP contribution in [0.4, 0.5) is 0 Å². The van der Waals surface area contributed by atoms with E-state index in [0.29, 0.717) is 18.4 Å². The fourth-order valence-electron chi connectivity index (χ4n) is 3.27. The molecule has 1 saturated heterocycles. The number of nitrogens with two attached hydrogens (primary N) is 1. The van der Waals surface area contributed by atoms with Gasteiger partial charge in [-0.15, -0.1) is 0 Å². The zero-order valence-electron chi connectivity index (χ0n) is 11.3. The molecule has 1 aliphatic heterocycles. The summed E-state index contributed by atoms with van der Waals surface area (Å²) in [4.78, 5) is 10.9. The van der Waals surface area contributed by atoms with Crippen molar-refractivity contribution in [2.45, 2.75) is 51.0 Å². The van der Waals surface area contributed by atoms with Crippen LogP contribution in [-0.2, 0) is 4.79 Å². The SMILES string of the molecule is NC(=O)CC1CCC(NCC2CCNCC2)CC1. The van der Waals surface area contributed by atoms with E-state index in [1.54, 1.807) is 0 Å². The highest BCUT2D eigenvalue weighted by atomic mass is 16.1. The highest BCUT2D eigenvalue weighted by molar-refractivity contribution is 5.73. The first kappa shape index (κ1) is 13.8. The van der Waals surface area contributed by atoms with Crippen LogP contribution in [0, 0.1) is 11.8 Å². The third kappa shape index (κ3) is 4.58. The van der Waals surface area contributed by atoms with Crippen LogP contribution in [0.2, 0.25) is 0 Å². The number of hydrogen-bond donors (Lipinski definition) is 3. The molecule has 0 aromatic rings. The molecule has 4 N–H and O–H groups in total. The monoisotopic (exact) mass is 253 g/mol. The van der Waals surface area contributed by atoms with Gasteiger partial charge in [0, 0.05) is 12.5 Å². The highest BCUT2D eigenvalue weighted by Crippen LogP contribution is 2.26. The Hall–Kier alpha value is -0.610. The molecule has 1 saturated carbocycles. The van der Waals surface area contributed by atoms with Gasteiger partial charge in [0.15, 0.2) is 0 Å². The van der Waals surface area contributed by atoms with E-state index in [-0.39, 0.29) is 5.91 Å². The number of nitrogens with one attached hydrogen (secondary N) is 2. The van der Waals surface area contributed by atoms with Crippen molar-refractivity contribution >= 4 is 5.91 Å². The summed E-state index contributed by atoms with van der Waals surface area (Å²) in [6, 6.07) is 0.670. The number of piperidine rings is 1. The van der Waals surface area contributed by atoms with Crippen LogP contribution in [-0.4, -0.2) is 31.6 Å². The molecule has 0 radical (unpaired) electrons. The maximum Gasteiger partial charge on any atom is 0.217 e. The summed E-state index contributed by atoms with van der Waals surface area (Å²) in [5.74, 6) is 1.26. The molecule has 2 aliphatic rings. The summed E-state index contributed by atoms with van der Waals surface area (Å²) in [7, 11) is 0. The lowest BCUT2D eigenvalue weighted by Gasteiger charge is -2.31. The molecular formula is C14H27N3O. The number of carbonyl (C=O) groups is 1. The average molecular weight is 253 g/mol. The summed E-state index contributed by atoms with van der Waals surface area (Å²) in [6.45, 7) is 3.53. The fourth-order valence-corrected chi connectivity index (χ4v) is 3.27. The van der Waals surface area contributed by atoms with E-state index in [2.05, 4.69) is 10.6 Å². The lowest BCUT2D eigenvalue weighted by Crippen LogP contribution is -2.39. The van der Waals surface area contributed by atoms with Crippen molar-refractivity contribution in [3.8, 4) is 0 Å². The van der Waals surface area contributed by atoms with Crippen molar-refractivity contribution in [3.05, 3.63) is 0 Å². The summed E-state index contributed by atoms with van der Waals surface area (Å²) < 4.78 is 0. The van der Waals surface area contributed by atoms with E-state index < -0.39 is 0 Å². The third-order valence-corrected chi connectivity index (χ3v) is 4.49. The van der Waals surface area contributed by atoms with Gasteiger partial charge < -0.3 is 16.4 Å². The van der Waals surface area contributed by atoms with Crippen molar-refractivity contribution in [1.29, 1.82) is 0 Å². The molecule has 1 amide bonds. The van der Waals surface area contributed by atoms with Gasteiger partial charge >= 0.3 is 0 Å². The zero-order chi connectivity index (χ0) is 12.8. The molecule has 4 heteroatoms. The van der Waals surface area contributed by atoms with Crippen LogP contribution in [0.15, 0.2) is 0 Å². The first-order valence-electron chi connectivity index (χ1n) is 7.46. The summed E-state index contributed by atoms with van der Waals surface area (Å²) in [6.07, 6.45) is 7.94. The van der Waals surface area contributed by atoms with Gasteiger partial charge in [0.1, 0.15) is 0 Å². The van der Waals surface area contributed by atoms with E-state index in [1.807, 2.05) is 0 Å². The van der Waals surface area contributed by atoms with Gasteiger partial charge in [-0.2, -0.15) is 0 Å². The smallest absolute Gasteiger partial charge is 0.217 e. The van der Waals surface area contributed by atoms with Gasteiger partial charge in [0.05, 0.1) is 0 Å². The number of hydrogen-bond acceptors (Lipinski definition) is 3. The Morgan fingerprint density at radius 2 is 1.72 bits per heavy atom. The maximum atomic E-state index is 10.9. The Balaban J connectivity index is 1.59. The van der Waals surface area contributed by atoms with E-state index in [4.69, 9.17) is 5.73 Å². The molecule has 0 aromatic carbocycles. The Morgan fingerprint density at radius 3 is 2.33 bits per heavy atom. The highest BCUT2D eigenvalue weighted by Gasteiger charge is 2.23. The predicted octanol–water partition coefficient (Wildman–Crippen LogP) is 1.01. The van der Waals surface area contributed by atoms with Crippen molar-refractivity contribution in [3.63, 3.8) is 0 Å². The minimum atomic E-state index is -0.138. The van der Waals surface area contributed by atoms with Crippen LogP contribution in [0.3, 0.4) is 0 Å². The molecule has 1 aliphatic carbocycles. The molecule has 1 heterocycles. The van der Waals surface area contributed by atoms with Crippen LogP contribution < -0.4 is 16.4 Å². The second-order valence-electron chi connectivity index (χ2n) is 5.99. The van der Waals surface area contributed by atoms with Crippen molar-refractivity contribution in [2.24, 2.45) is 17.6 Å². The molecule has 18 heavy (non-hydrogen) atoms. The van der Waals surface area contributed by atoms with Crippen LogP contribution in [0.1, 0.15) is 44.9 Å². The second-order valence-corrected chi connectivity index (χ2v) is 5.99. The zero-order valence-corrected chi connectivity index (χ0v) is 11.3. The molecule has 104 valence electrons. The Labute approximate surface area is 110 Å². The Kier molecular flexibility index (Phi) is 5.45. The molecule has 2 fully saturated rings.